The molecule has 0 amide bonds. The van der Waals surface area contributed by atoms with Crippen LogP contribution in [0.15, 0.2) is 64.4 Å². The third-order valence-electron chi connectivity index (χ3n) is 6.16. The molecule has 4 N–H and O–H groups in total. The predicted molar refractivity (Wildman–Crippen MR) is 140 cm³/mol. The van der Waals surface area contributed by atoms with E-state index in [4.69, 9.17) is 10.3 Å². The number of carboxylic acids is 1. The molecule has 2 aromatic carbocycles. The number of nitrogens with two attached hydrogens (primary N) is 1. The fraction of sp³-hybridized carbons (Fsp3) is 0.192. The first-order valence-corrected chi connectivity index (χ1v) is 13.2. The number of pyridine rings is 2. The molecule has 0 aliphatic carbocycles. The lowest BCUT2D eigenvalue weighted by molar-refractivity contribution is 0.0695. The molecular weight excluding hydrogens is 553 g/mol. The average molecular weight is 577 g/mol. The Hall–Kier alpha value is -4.27. The SMILES string of the molecule is Cc1ccc(S(=O)(=O)O)cc1.NC1CCN(c2nc3c(cc2F)c(=O)c(C(=O)O)cn3-c2ccc(F)cc2F)C1. The minimum absolute atomic E-state index is 0.0666. The third kappa shape index (κ3) is 5.98. The van der Waals surface area contributed by atoms with Crippen LogP contribution >= 0.6 is 0 Å². The minimum Gasteiger partial charge on any atom is -0.477 e. The van der Waals surface area contributed by atoms with E-state index in [0.29, 0.717) is 25.6 Å². The Morgan fingerprint density at radius 2 is 1.75 bits per heavy atom. The van der Waals surface area contributed by atoms with E-state index in [2.05, 4.69) is 4.98 Å². The van der Waals surface area contributed by atoms with Crippen molar-refractivity contribution in [3.8, 4) is 5.69 Å². The Kier molecular flexibility index (Phi) is 7.95. The molecule has 210 valence electrons. The molecule has 1 aliphatic heterocycles. The normalized spacial score (nSPS) is 15.2. The van der Waals surface area contributed by atoms with E-state index in [1.54, 1.807) is 17.0 Å². The summed E-state index contributed by atoms with van der Waals surface area (Å²) in [7, 11) is -4.02. The van der Waals surface area contributed by atoms with Gasteiger partial charge in [-0.15, -0.1) is 0 Å². The van der Waals surface area contributed by atoms with Gasteiger partial charge < -0.3 is 15.7 Å². The number of anilines is 1. The quantitative estimate of drug-likeness (QED) is 0.310. The number of carbonyl (C=O) groups is 1. The van der Waals surface area contributed by atoms with Crippen LogP contribution < -0.4 is 16.1 Å². The summed E-state index contributed by atoms with van der Waals surface area (Å²) in [4.78, 5) is 29.8. The second-order valence-corrected chi connectivity index (χ2v) is 10.5. The lowest BCUT2D eigenvalue weighted by Crippen LogP contribution is -2.28. The van der Waals surface area contributed by atoms with Crippen LogP contribution in [0.4, 0.5) is 19.0 Å². The number of nitrogens with zero attached hydrogens (tertiary/aromatic N) is 3. The zero-order valence-corrected chi connectivity index (χ0v) is 21.7. The highest BCUT2D eigenvalue weighted by Crippen LogP contribution is 2.26. The van der Waals surface area contributed by atoms with Gasteiger partial charge >= 0.3 is 5.97 Å². The summed E-state index contributed by atoms with van der Waals surface area (Å²) >= 11 is 0. The molecule has 4 aromatic rings. The monoisotopic (exact) mass is 576 g/mol. The molecule has 0 radical (unpaired) electrons. The molecule has 0 bridgehead atoms. The molecule has 40 heavy (non-hydrogen) atoms. The van der Waals surface area contributed by atoms with E-state index in [1.807, 2.05) is 6.92 Å². The van der Waals surface area contributed by atoms with Crippen molar-refractivity contribution in [3.05, 3.63) is 93.5 Å². The van der Waals surface area contributed by atoms with Crippen LogP contribution in [0.25, 0.3) is 16.7 Å². The standard InChI is InChI=1S/C19H15F3N4O3.C7H8O3S/c20-9-1-2-15(13(21)5-9)26-8-12(19(28)29)16(27)11-6-14(22)18(24-17(11)26)25-4-3-10(23)7-25;1-6-2-4-7(5-3-6)11(8,9)10/h1-2,5-6,8,10H,3-4,7,23H2,(H,28,29);2-5H,1H3,(H,8,9,10). The number of fused-ring (bicyclic) bond motifs is 1. The van der Waals surface area contributed by atoms with E-state index in [0.717, 1.165) is 34.5 Å². The zero-order valence-electron chi connectivity index (χ0n) is 20.9. The Balaban J connectivity index is 0.000000283. The highest BCUT2D eigenvalue weighted by atomic mass is 32.2. The van der Waals surface area contributed by atoms with E-state index >= 15 is 0 Å². The molecule has 1 unspecified atom stereocenters. The van der Waals surface area contributed by atoms with Crippen LogP contribution in [-0.4, -0.2) is 52.7 Å². The molecular formula is C26H23F3N4O6S. The van der Waals surface area contributed by atoms with Crippen molar-refractivity contribution in [1.29, 1.82) is 0 Å². The fourth-order valence-electron chi connectivity index (χ4n) is 4.14. The molecule has 5 rings (SSSR count). The molecule has 1 aliphatic rings. The smallest absolute Gasteiger partial charge is 0.341 e. The van der Waals surface area contributed by atoms with Gasteiger partial charge in [0.15, 0.2) is 17.3 Å². The second kappa shape index (κ2) is 11.1. The topological polar surface area (TPSA) is 156 Å². The highest BCUT2D eigenvalue weighted by molar-refractivity contribution is 7.85. The van der Waals surface area contributed by atoms with Crippen LogP contribution in [0.2, 0.25) is 0 Å². The molecule has 1 fully saturated rings. The van der Waals surface area contributed by atoms with E-state index in [9.17, 15) is 36.3 Å². The van der Waals surface area contributed by atoms with Crippen molar-refractivity contribution >= 4 is 32.9 Å². The fourth-order valence-corrected chi connectivity index (χ4v) is 4.62. The number of carboxylic acid groups (broad SMARTS) is 1. The Morgan fingerprint density at radius 3 is 2.30 bits per heavy atom. The lowest BCUT2D eigenvalue weighted by Gasteiger charge is -2.19. The van der Waals surface area contributed by atoms with Crippen molar-refractivity contribution in [2.45, 2.75) is 24.3 Å². The first kappa shape index (κ1) is 28.7. The van der Waals surface area contributed by atoms with Crippen LogP contribution in [-0.2, 0) is 10.1 Å². The molecule has 14 heteroatoms. The van der Waals surface area contributed by atoms with Crippen LogP contribution in [0.3, 0.4) is 0 Å². The first-order chi connectivity index (χ1) is 18.8. The van der Waals surface area contributed by atoms with Gasteiger partial charge in [0.2, 0.25) is 5.43 Å². The summed E-state index contributed by atoms with van der Waals surface area (Å²) in [6, 6.07) is 9.38. The number of aryl methyl sites for hydroxylation is 1. The molecule has 0 spiro atoms. The molecule has 1 saturated heterocycles. The summed E-state index contributed by atoms with van der Waals surface area (Å²) in [5, 5.41) is 9.00. The van der Waals surface area contributed by atoms with Gasteiger partial charge in [0, 0.05) is 31.4 Å². The van der Waals surface area contributed by atoms with Gasteiger partial charge in [-0.1, -0.05) is 17.7 Å². The molecule has 10 nitrogen and oxygen atoms in total. The number of hydrogen-bond acceptors (Lipinski definition) is 7. The predicted octanol–water partition coefficient (Wildman–Crippen LogP) is 3.28. The van der Waals surface area contributed by atoms with Gasteiger partial charge in [-0.05, 0) is 43.7 Å². The summed E-state index contributed by atoms with van der Waals surface area (Å²) in [5.74, 6) is -4.30. The third-order valence-corrected chi connectivity index (χ3v) is 7.02. The average Bonchev–Trinajstić information content (AvgIpc) is 3.30. The number of hydrogen-bond donors (Lipinski definition) is 3. The van der Waals surface area contributed by atoms with E-state index in [1.165, 1.54) is 12.1 Å². The summed E-state index contributed by atoms with van der Waals surface area (Å²) < 4.78 is 73.0. The Morgan fingerprint density at radius 1 is 1.07 bits per heavy atom. The van der Waals surface area contributed by atoms with Crippen molar-refractivity contribution in [1.82, 2.24) is 9.55 Å². The van der Waals surface area contributed by atoms with Crippen molar-refractivity contribution in [3.63, 3.8) is 0 Å². The van der Waals surface area contributed by atoms with Gasteiger partial charge in [-0.3, -0.25) is 13.9 Å². The number of benzene rings is 2. The Labute approximate surface area is 225 Å². The van der Waals surface area contributed by atoms with Gasteiger partial charge in [0.1, 0.15) is 17.2 Å². The van der Waals surface area contributed by atoms with Gasteiger partial charge in [0.25, 0.3) is 10.1 Å². The number of aromatic nitrogens is 2. The molecule has 3 heterocycles. The lowest BCUT2D eigenvalue weighted by atomic mass is 10.1. The second-order valence-electron chi connectivity index (χ2n) is 9.09. The van der Waals surface area contributed by atoms with Crippen molar-refractivity contribution < 1.29 is 36.0 Å². The van der Waals surface area contributed by atoms with Crippen LogP contribution in [0.5, 0.6) is 0 Å². The Bertz CT molecular complexity index is 1780. The maximum absolute atomic E-state index is 14.7. The van der Waals surface area contributed by atoms with E-state index in [-0.39, 0.29) is 33.5 Å². The summed E-state index contributed by atoms with van der Waals surface area (Å²) in [6.07, 6.45) is 1.52. The van der Waals surface area contributed by atoms with Crippen molar-refractivity contribution in [2.24, 2.45) is 5.73 Å². The van der Waals surface area contributed by atoms with Crippen LogP contribution in [0.1, 0.15) is 22.3 Å². The number of halogens is 3. The van der Waals surface area contributed by atoms with Crippen molar-refractivity contribution in [2.75, 3.05) is 18.0 Å². The summed E-state index contributed by atoms with van der Waals surface area (Å²) in [6.45, 7) is 2.63. The molecule has 1 atom stereocenters. The summed E-state index contributed by atoms with van der Waals surface area (Å²) in [5.41, 5.74) is 4.78. The van der Waals surface area contributed by atoms with Crippen LogP contribution in [0, 0.1) is 24.4 Å². The minimum atomic E-state index is -4.02. The van der Waals surface area contributed by atoms with Gasteiger partial charge in [-0.25, -0.2) is 22.9 Å². The highest BCUT2D eigenvalue weighted by Gasteiger charge is 2.26. The number of rotatable bonds is 4. The number of aromatic carboxylic acids is 1. The van der Waals surface area contributed by atoms with Gasteiger partial charge in [0.05, 0.1) is 16.0 Å². The zero-order chi connectivity index (χ0) is 29.4. The molecule has 2 aromatic heterocycles. The largest absolute Gasteiger partial charge is 0.477 e. The maximum Gasteiger partial charge on any atom is 0.341 e. The first-order valence-electron chi connectivity index (χ1n) is 11.8. The molecule has 0 saturated carbocycles. The maximum atomic E-state index is 14.7. The van der Waals surface area contributed by atoms with Gasteiger partial charge in [-0.2, -0.15) is 8.42 Å². The van der Waals surface area contributed by atoms with E-state index < -0.39 is 44.5 Å².